The second-order valence-electron chi connectivity index (χ2n) is 5.33. The Bertz CT molecular complexity index is 928. The van der Waals surface area contributed by atoms with Crippen LogP contribution < -0.4 is 14.8 Å². The highest BCUT2D eigenvalue weighted by Gasteiger charge is 2.28. The van der Waals surface area contributed by atoms with E-state index in [2.05, 4.69) is 10.3 Å². The molecule has 2 N–H and O–H groups in total. The topological polar surface area (TPSA) is 114 Å². The molecule has 0 bridgehead atoms. The normalized spacial score (nSPS) is 16.4. The van der Waals surface area contributed by atoms with E-state index >= 15 is 0 Å². The summed E-state index contributed by atoms with van der Waals surface area (Å²) in [5.74, 6) is -0.734. The van der Waals surface area contributed by atoms with Gasteiger partial charge in [-0.1, -0.05) is 6.92 Å². The number of carbonyl (C=O) groups is 2. The highest BCUT2D eigenvalue weighted by molar-refractivity contribution is 7.90. The molecule has 1 aromatic heterocycles. The lowest BCUT2D eigenvalue weighted by molar-refractivity contribution is -0.123. The molecule has 1 aromatic carbocycles. The van der Waals surface area contributed by atoms with E-state index in [4.69, 9.17) is 4.74 Å². The lowest BCUT2D eigenvalue weighted by atomic mass is 10.2. The molecule has 8 nitrogen and oxygen atoms in total. The summed E-state index contributed by atoms with van der Waals surface area (Å²) in [6.45, 7) is 1.81. The molecule has 1 unspecified atom stereocenters. The number of rotatable bonds is 4. The highest BCUT2D eigenvalue weighted by atomic mass is 32.2. The number of anilines is 1. The first-order valence-electron chi connectivity index (χ1n) is 7.49. The van der Waals surface area contributed by atoms with Crippen LogP contribution in [0.4, 0.5) is 5.69 Å². The van der Waals surface area contributed by atoms with E-state index in [1.165, 1.54) is 42.7 Å². The quantitative estimate of drug-likeness (QED) is 0.849. The van der Waals surface area contributed by atoms with Crippen LogP contribution in [0.3, 0.4) is 0 Å². The Morgan fingerprint density at radius 3 is 2.68 bits per heavy atom. The number of amides is 2. The Hall–Kier alpha value is -2.94. The molecule has 3 rings (SSSR count). The van der Waals surface area contributed by atoms with E-state index in [0.717, 1.165) is 0 Å². The number of benzene rings is 1. The van der Waals surface area contributed by atoms with Gasteiger partial charge in [0.15, 0.2) is 6.10 Å². The van der Waals surface area contributed by atoms with Crippen molar-refractivity contribution >= 4 is 27.5 Å². The van der Waals surface area contributed by atoms with Gasteiger partial charge in [-0.15, -0.1) is 0 Å². The van der Waals surface area contributed by atoms with Crippen molar-refractivity contribution in [1.29, 1.82) is 0 Å². The molecule has 0 saturated carbocycles. The van der Waals surface area contributed by atoms with Gasteiger partial charge in [-0.2, -0.15) is 0 Å². The van der Waals surface area contributed by atoms with E-state index in [1.54, 1.807) is 0 Å². The SMILES string of the molecule is CCC1Oc2ccc(S(=O)(=O)NC(=O)c3ccncc3)cc2NC1=O. The van der Waals surface area contributed by atoms with Gasteiger partial charge in [0.25, 0.3) is 21.8 Å². The molecule has 0 radical (unpaired) electrons. The molecular weight excluding hydrogens is 346 g/mol. The Kier molecular flexibility index (Phi) is 4.41. The summed E-state index contributed by atoms with van der Waals surface area (Å²) in [7, 11) is -4.10. The highest BCUT2D eigenvalue weighted by Crippen LogP contribution is 2.32. The Labute approximate surface area is 144 Å². The molecule has 1 aliphatic heterocycles. The van der Waals surface area contributed by atoms with Gasteiger partial charge in [0, 0.05) is 18.0 Å². The molecule has 2 aromatic rings. The maximum Gasteiger partial charge on any atom is 0.265 e. The minimum absolute atomic E-state index is 0.160. The number of aromatic nitrogens is 1. The van der Waals surface area contributed by atoms with Crippen molar-refractivity contribution in [2.45, 2.75) is 24.3 Å². The van der Waals surface area contributed by atoms with Crippen LogP contribution in [0.2, 0.25) is 0 Å². The molecule has 1 atom stereocenters. The summed E-state index contributed by atoms with van der Waals surface area (Å²) in [4.78, 5) is 27.5. The molecule has 130 valence electrons. The van der Waals surface area contributed by atoms with Gasteiger partial charge in [-0.05, 0) is 36.8 Å². The summed E-state index contributed by atoms with van der Waals surface area (Å²) in [6.07, 6.45) is 2.66. The first kappa shape index (κ1) is 16.9. The predicted molar refractivity (Wildman–Crippen MR) is 88.7 cm³/mol. The molecule has 9 heteroatoms. The van der Waals surface area contributed by atoms with Crippen LogP contribution >= 0.6 is 0 Å². The van der Waals surface area contributed by atoms with Crippen LogP contribution in [-0.2, 0) is 14.8 Å². The van der Waals surface area contributed by atoms with E-state index in [9.17, 15) is 18.0 Å². The van der Waals surface area contributed by atoms with Crippen molar-refractivity contribution in [3.05, 3.63) is 48.3 Å². The smallest absolute Gasteiger partial charge is 0.265 e. The fourth-order valence-corrected chi connectivity index (χ4v) is 3.31. The zero-order chi connectivity index (χ0) is 18.0. The van der Waals surface area contributed by atoms with Crippen LogP contribution in [0.5, 0.6) is 5.75 Å². The van der Waals surface area contributed by atoms with Crippen molar-refractivity contribution < 1.29 is 22.7 Å². The lowest BCUT2D eigenvalue weighted by Crippen LogP contribution is -2.36. The number of pyridine rings is 1. The van der Waals surface area contributed by atoms with Gasteiger partial charge in [-0.25, -0.2) is 13.1 Å². The molecule has 0 saturated heterocycles. The number of carbonyl (C=O) groups excluding carboxylic acids is 2. The van der Waals surface area contributed by atoms with Crippen LogP contribution in [0, 0.1) is 0 Å². The Morgan fingerprint density at radius 2 is 2.00 bits per heavy atom. The lowest BCUT2D eigenvalue weighted by Gasteiger charge is -2.25. The van der Waals surface area contributed by atoms with E-state index in [1.807, 2.05) is 11.6 Å². The van der Waals surface area contributed by atoms with Gasteiger partial charge in [0.05, 0.1) is 10.6 Å². The van der Waals surface area contributed by atoms with Crippen molar-refractivity contribution in [1.82, 2.24) is 9.71 Å². The number of hydrogen-bond donors (Lipinski definition) is 2. The molecule has 1 aliphatic rings. The molecule has 2 heterocycles. The van der Waals surface area contributed by atoms with Crippen molar-refractivity contribution in [3.8, 4) is 5.75 Å². The van der Waals surface area contributed by atoms with Gasteiger partial charge < -0.3 is 10.1 Å². The number of nitrogens with zero attached hydrogens (tertiary/aromatic N) is 1. The molecule has 0 fully saturated rings. The fraction of sp³-hybridized carbons (Fsp3) is 0.188. The first-order valence-corrected chi connectivity index (χ1v) is 8.98. The average molecular weight is 361 g/mol. The van der Waals surface area contributed by atoms with Crippen LogP contribution in [0.25, 0.3) is 0 Å². The van der Waals surface area contributed by atoms with Gasteiger partial charge in [0.1, 0.15) is 5.75 Å². The molecule has 0 aliphatic carbocycles. The third-order valence-electron chi connectivity index (χ3n) is 3.62. The van der Waals surface area contributed by atoms with Crippen LogP contribution in [0.15, 0.2) is 47.6 Å². The third kappa shape index (κ3) is 3.45. The first-order chi connectivity index (χ1) is 11.9. The van der Waals surface area contributed by atoms with Crippen molar-refractivity contribution in [2.24, 2.45) is 0 Å². The largest absolute Gasteiger partial charge is 0.478 e. The van der Waals surface area contributed by atoms with Crippen LogP contribution in [-0.4, -0.2) is 31.3 Å². The van der Waals surface area contributed by atoms with Gasteiger partial charge >= 0.3 is 0 Å². The minimum atomic E-state index is -4.10. The Balaban J connectivity index is 1.85. The monoisotopic (exact) mass is 361 g/mol. The van der Waals surface area contributed by atoms with Gasteiger partial charge in [0.2, 0.25) is 0 Å². The van der Waals surface area contributed by atoms with Crippen LogP contribution in [0.1, 0.15) is 23.7 Å². The summed E-state index contributed by atoms with van der Waals surface area (Å²) in [5, 5.41) is 2.61. The van der Waals surface area contributed by atoms with Crippen molar-refractivity contribution in [2.75, 3.05) is 5.32 Å². The van der Waals surface area contributed by atoms with Crippen molar-refractivity contribution in [3.63, 3.8) is 0 Å². The van der Waals surface area contributed by atoms with Gasteiger partial charge in [-0.3, -0.25) is 14.6 Å². The number of nitrogens with one attached hydrogen (secondary N) is 2. The number of sulfonamides is 1. The molecule has 0 spiro atoms. The second-order valence-corrected chi connectivity index (χ2v) is 7.01. The van der Waals surface area contributed by atoms with E-state index in [0.29, 0.717) is 12.2 Å². The maximum absolute atomic E-state index is 12.4. The Morgan fingerprint density at radius 1 is 1.28 bits per heavy atom. The minimum Gasteiger partial charge on any atom is -0.478 e. The molecular formula is C16H15N3O5S. The molecule has 2 amide bonds. The zero-order valence-corrected chi connectivity index (χ0v) is 14.0. The predicted octanol–water partition coefficient (Wildman–Crippen LogP) is 1.31. The molecule has 25 heavy (non-hydrogen) atoms. The summed E-state index contributed by atoms with van der Waals surface area (Å²) >= 11 is 0. The standard InChI is InChI=1S/C16H15N3O5S/c1-2-13-16(21)18-12-9-11(3-4-14(12)24-13)25(22,23)19-15(20)10-5-7-17-8-6-10/h3-9,13H,2H2,1H3,(H,18,21)(H,19,20). The number of ether oxygens (including phenoxy) is 1. The summed E-state index contributed by atoms with van der Waals surface area (Å²) in [5.41, 5.74) is 0.410. The zero-order valence-electron chi connectivity index (χ0n) is 13.2. The third-order valence-corrected chi connectivity index (χ3v) is 4.95. The van der Waals surface area contributed by atoms with E-state index < -0.39 is 22.0 Å². The average Bonchev–Trinajstić information content (AvgIpc) is 2.61. The number of fused-ring (bicyclic) bond motifs is 1. The fourth-order valence-electron chi connectivity index (χ4n) is 2.31. The maximum atomic E-state index is 12.4. The van der Waals surface area contributed by atoms with E-state index in [-0.39, 0.29) is 22.1 Å². The number of hydrogen-bond acceptors (Lipinski definition) is 6. The summed E-state index contributed by atoms with van der Waals surface area (Å²) < 4.78 is 32.3. The summed E-state index contributed by atoms with van der Waals surface area (Å²) in [6, 6.07) is 6.81. The second kappa shape index (κ2) is 6.52.